The molecule has 0 aliphatic carbocycles. The standard InChI is InChI=1S/C16H14N3/c1-11-18-15-5-3-2-4-14(15)16(19-11)10-12-6-8-13(17)9-7-12/h2-10H,17H2,1H3. The van der Waals surface area contributed by atoms with Gasteiger partial charge in [0.05, 0.1) is 11.2 Å². The number of benzene rings is 2. The van der Waals surface area contributed by atoms with Crippen molar-refractivity contribution < 1.29 is 0 Å². The third-order valence-electron chi connectivity index (χ3n) is 2.98. The molecule has 3 nitrogen and oxygen atoms in total. The summed E-state index contributed by atoms with van der Waals surface area (Å²) in [6, 6.07) is 15.8. The molecule has 3 rings (SSSR count). The maximum Gasteiger partial charge on any atom is 0.126 e. The highest BCUT2D eigenvalue weighted by atomic mass is 14.9. The first kappa shape index (κ1) is 11.7. The van der Waals surface area contributed by atoms with Crippen molar-refractivity contribution in [2.45, 2.75) is 6.92 Å². The zero-order chi connectivity index (χ0) is 13.2. The van der Waals surface area contributed by atoms with Gasteiger partial charge >= 0.3 is 0 Å². The van der Waals surface area contributed by atoms with Gasteiger partial charge in [-0.05, 0) is 30.7 Å². The average molecular weight is 248 g/mol. The maximum absolute atomic E-state index is 5.70. The van der Waals surface area contributed by atoms with E-state index in [1.807, 2.05) is 55.5 Å². The van der Waals surface area contributed by atoms with E-state index in [9.17, 15) is 0 Å². The molecule has 0 aliphatic heterocycles. The number of nitrogens with two attached hydrogens (primary N) is 1. The second-order valence-electron chi connectivity index (χ2n) is 4.48. The van der Waals surface area contributed by atoms with Crippen molar-refractivity contribution in [3.05, 3.63) is 72.0 Å². The van der Waals surface area contributed by atoms with Crippen LogP contribution >= 0.6 is 0 Å². The second kappa shape index (κ2) is 4.69. The van der Waals surface area contributed by atoms with E-state index in [-0.39, 0.29) is 0 Å². The van der Waals surface area contributed by atoms with Gasteiger partial charge in [-0.1, -0.05) is 30.3 Å². The number of hydrogen-bond acceptors (Lipinski definition) is 3. The van der Waals surface area contributed by atoms with Gasteiger partial charge in [0.1, 0.15) is 5.82 Å². The molecule has 93 valence electrons. The third-order valence-corrected chi connectivity index (χ3v) is 2.98. The number of anilines is 1. The summed E-state index contributed by atoms with van der Waals surface area (Å²) >= 11 is 0. The van der Waals surface area contributed by atoms with Crippen LogP contribution in [-0.4, -0.2) is 9.97 Å². The van der Waals surface area contributed by atoms with Crippen molar-refractivity contribution in [2.24, 2.45) is 0 Å². The van der Waals surface area contributed by atoms with Crippen LogP contribution in [0.5, 0.6) is 0 Å². The molecule has 0 atom stereocenters. The summed E-state index contributed by atoms with van der Waals surface area (Å²) in [5.41, 5.74) is 9.45. The van der Waals surface area contributed by atoms with E-state index in [2.05, 4.69) is 16.4 Å². The molecule has 1 aromatic heterocycles. The zero-order valence-corrected chi connectivity index (χ0v) is 10.7. The number of nitrogen functional groups attached to an aromatic ring is 1. The first-order valence-electron chi connectivity index (χ1n) is 6.16. The molecule has 0 unspecified atom stereocenters. The van der Waals surface area contributed by atoms with Crippen LogP contribution in [0, 0.1) is 13.3 Å². The summed E-state index contributed by atoms with van der Waals surface area (Å²) in [4.78, 5) is 8.96. The fraction of sp³-hybridized carbons (Fsp3) is 0.0625. The molecule has 1 heterocycles. The Labute approximate surface area is 112 Å². The fourth-order valence-corrected chi connectivity index (χ4v) is 2.08. The lowest BCUT2D eigenvalue weighted by Gasteiger charge is -2.07. The lowest BCUT2D eigenvalue weighted by atomic mass is 10.1. The number of nitrogens with zero attached hydrogens (tertiary/aromatic N) is 2. The van der Waals surface area contributed by atoms with Crippen LogP contribution in [0.1, 0.15) is 17.1 Å². The molecule has 2 N–H and O–H groups in total. The summed E-state index contributed by atoms with van der Waals surface area (Å²) in [5, 5.41) is 1.06. The van der Waals surface area contributed by atoms with E-state index in [4.69, 9.17) is 5.73 Å². The molecule has 0 spiro atoms. The number of para-hydroxylation sites is 1. The van der Waals surface area contributed by atoms with Gasteiger partial charge in [0, 0.05) is 17.5 Å². The van der Waals surface area contributed by atoms with Gasteiger partial charge in [-0.3, -0.25) is 0 Å². The number of rotatable bonds is 2. The number of fused-ring (bicyclic) bond motifs is 1. The molecule has 0 fully saturated rings. The molecule has 19 heavy (non-hydrogen) atoms. The van der Waals surface area contributed by atoms with Crippen molar-refractivity contribution in [1.82, 2.24) is 9.97 Å². The zero-order valence-electron chi connectivity index (χ0n) is 10.7. The smallest absolute Gasteiger partial charge is 0.126 e. The van der Waals surface area contributed by atoms with Gasteiger partial charge in [-0.2, -0.15) is 0 Å². The van der Waals surface area contributed by atoms with Crippen LogP contribution in [0.15, 0.2) is 48.5 Å². The largest absolute Gasteiger partial charge is 0.399 e. The second-order valence-corrected chi connectivity index (χ2v) is 4.48. The summed E-state index contributed by atoms with van der Waals surface area (Å²) < 4.78 is 0. The average Bonchev–Trinajstić information content (AvgIpc) is 2.41. The summed E-state index contributed by atoms with van der Waals surface area (Å²) in [6.07, 6.45) is 2.05. The molecule has 0 aliphatic rings. The Hall–Kier alpha value is -2.42. The van der Waals surface area contributed by atoms with E-state index in [0.717, 1.165) is 33.7 Å². The highest BCUT2D eigenvalue weighted by Crippen LogP contribution is 2.20. The normalized spacial score (nSPS) is 10.8. The van der Waals surface area contributed by atoms with Gasteiger partial charge in [0.2, 0.25) is 0 Å². The van der Waals surface area contributed by atoms with Crippen molar-refractivity contribution in [3.8, 4) is 0 Å². The van der Waals surface area contributed by atoms with Gasteiger partial charge in [0.25, 0.3) is 0 Å². The number of hydrogen-bond donors (Lipinski definition) is 1. The molecule has 3 aromatic rings. The molecule has 0 amide bonds. The van der Waals surface area contributed by atoms with Crippen LogP contribution in [-0.2, 0) is 0 Å². The minimum atomic E-state index is 0.765. The van der Waals surface area contributed by atoms with Crippen LogP contribution in [0.2, 0.25) is 0 Å². The monoisotopic (exact) mass is 248 g/mol. The van der Waals surface area contributed by atoms with Gasteiger partial charge < -0.3 is 5.73 Å². The quantitative estimate of drug-likeness (QED) is 0.709. The molecule has 1 radical (unpaired) electrons. The first-order chi connectivity index (χ1) is 9.22. The molecule has 0 saturated carbocycles. The number of aryl methyl sites for hydroxylation is 1. The molecular weight excluding hydrogens is 234 g/mol. The topological polar surface area (TPSA) is 51.8 Å². The van der Waals surface area contributed by atoms with Crippen molar-refractivity contribution in [2.75, 3.05) is 5.73 Å². The Morgan fingerprint density at radius 2 is 1.68 bits per heavy atom. The minimum absolute atomic E-state index is 0.765. The van der Waals surface area contributed by atoms with Crippen LogP contribution in [0.25, 0.3) is 10.9 Å². The molecule has 0 bridgehead atoms. The van der Waals surface area contributed by atoms with Crippen molar-refractivity contribution >= 4 is 16.6 Å². The highest BCUT2D eigenvalue weighted by molar-refractivity contribution is 5.82. The lowest BCUT2D eigenvalue weighted by Crippen LogP contribution is -1.97. The Balaban J connectivity index is 2.07. The predicted octanol–water partition coefficient (Wildman–Crippen LogP) is 3.12. The molecule has 2 aromatic carbocycles. The molecular formula is C16H14N3. The van der Waals surface area contributed by atoms with Gasteiger partial charge in [-0.15, -0.1) is 0 Å². The number of aromatic nitrogens is 2. The predicted molar refractivity (Wildman–Crippen MR) is 77.6 cm³/mol. The van der Waals surface area contributed by atoms with E-state index >= 15 is 0 Å². The van der Waals surface area contributed by atoms with E-state index < -0.39 is 0 Å². The van der Waals surface area contributed by atoms with Gasteiger partial charge in [0.15, 0.2) is 0 Å². The first-order valence-corrected chi connectivity index (χ1v) is 6.16. The summed E-state index contributed by atoms with van der Waals surface area (Å²) in [6.45, 7) is 1.91. The van der Waals surface area contributed by atoms with Crippen LogP contribution in [0.3, 0.4) is 0 Å². The summed E-state index contributed by atoms with van der Waals surface area (Å²) in [7, 11) is 0. The fourth-order valence-electron chi connectivity index (χ4n) is 2.08. The Morgan fingerprint density at radius 3 is 2.47 bits per heavy atom. The van der Waals surface area contributed by atoms with E-state index in [1.165, 1.54) is 0 Å². The van der Waals surface area contributed by atoms with Crippen molar-refractivity contribution in [3.63, 3.8) is 0 Å². The van der Waals surface area contributed by atoms with Crippen LogP contribution < -0.4 is 5.73 Å². The maximum atomic E-state index is 5.70. The Kier molecular flexibility index (Phi) is 2.88. The Bertz CT molecular complexity index is 718. The van der Waals surface area contributed by atoms with E-state index in [1.54, 1.807) is 0 Å². The third kappa shape index (κ3) is 2.40. The van der Waals surface area contributed by atoms with Gasteiger partial charge in [-0.25, -0.2) is 9.97 Å². The SMILES string of the molecule is Cc1nc([CH]c2ccc(N)cc2)c2ccccc2n1. The van der Waals surface area contributed by atoms with Crippen molar-refractivity contribution in [1.29, 1.82) is 0 Å². The Morgan fingerprint density at radius 1 is 0.947 bits per heavy atom. The minimum Gasteiger partial charge on any atom is -0.399 e. The summed E-state index contributed by atoms with van der Waals surface area (Å²) in [5.74, 6) is 0.778. The molecule has 3 heteroatoms. The lowest BCUT2D eigenvalue weighted by molar-refractivity contribution is 1.06. The molecule has 0 saturated heterocycles. The highest BCUT2D eigenvalue weighted by Gasteiger charge is 2.06. The van der Waals surface area contributed by atoms with Crippen LogP contribution in [0.4, 0.5) is 5.69 Å². The van der Waals surface area contributed by atoms with E-state index in [0.29, 0.717) is 0 Å².